The molecule has 2 aliphatic heterocycles. The molecule has 0 aromatic rings. The molecule has 2 atom stereocenters. The van der Waals surface area contributed by atoms with Gasteiger partial charge in [0.15, 0.2) is 0 Å². The molecule has 0 aromatic carbocycles. The molecule has 2 rings (SSSR count). The van der Waals surface area contributed by atoms with Gasteiger partial charge in [0, 0.05) is 6.54 Å². The van der Waals surface area contributed by atoms with Crippen LogP contribution in [0.15, 0.2) is 12.3 Å². The third-order valence-electron chi connectivity index (χ3n) is 2.85. The van der Waals surface area contributed by atoms with E-state index in [0.29, 0.717) is 6.10 Å². The maximum Gasteiger partial charge on any atom is 0.110 e. The molecule has 80 valence electrons. The van der Waals surface area contributed by atoms with Gasteiger partial charge in [0.1, 0.15) is 6.10 Å². The highest BCUT2D eigenvalue weighted by Gasteiger charge is 2.16. The number of thioether (sulfide) groups is 1. The van der Waals surface area contributed by atoms with Gasteiger partial charge < -0.3 is 10.1 Å². The maximum absolute atomic E-state index is 5.49. The third kappa shape index (κ3) is 3.21. The van der Waals surface area contributed by atoms with Gasteiger partial charge in [0.25, 0.3) is 0 Å². The first-order valence-electron chi connectivity index (χ1n) is 5.54. The Balaban J connectivity index is 1.55. The molecule has 2 unspecified atom stereocenters. The van der Waals surface area contributed by atoms with Crippen molar-refractivity contribution in [2.24, 2.45) is 5.92 Å². The molecule has 1 N–H and O–H groups in total. The molecule has 0 bridgehead atoms. The summed E-state index contributed by atoms with van der Waals surface area (Å²) in [4.78, 5) is 0. The summed E-state index contributed by atoms with van der Waals surface area (Å²) in [7, 11) is 0. The minimum Gasteiger partial charge on any atom is -0.497 e. The lowest BCUT2D eigenvalue weighted by atomic mass is 10.1. The molecule has 2 heterocycles. The van der Waals surface area contributed by atoms with Gasteiger partial charge in [0.05, 0.1) is 6.26 Å². The van der Waals surface area contributed by atoms with Crippen LogP contribution in [0.3, 0.4) is 0 Å². The molecule has 3 heteroatoms. The average molecular weight is 213 g/mol. The number of rotatable bonds is 4. The van der Waals surface area contributed by atoms with Crippen LogP contribution in [0, 0.1) is 5.92 Å². The predicted molar refractivity (Wildman–Crippen MR) is 61.5 cm³/mol. The Hall–Kier alpha value is -0.150. The van der Waals surface area contributed by atoms with Crippen LogP contribution >= 0.6 is 11.8 Å². The molecule has 1 saturated heterocycles. The summed E-state index contributed by atoms with van der Waals surface area (Å²) in [6, 6.07) is 0. The van der Waals surface area contributed by atoms with Crippen LogP contribution in [-0.2, 0) is 4.74 Å². The van der Waals surface area contributed by atoms with E-state index in [1.54, 1.807) is 0 Å². The molecule has 14 heavy (non-hydrogen) atoms. The van der Waals surface area contributed by atoms with Crippen LogP contribution in [0.4, 0.5) is 0 Å². The second-order valence-electron chi connectivity index (χ2n) is 4.10. The number of hydrogen-bond donors (Lipinski definition) is 1. The van der Waals surface area contributed by atoms with E-state index in [2.05, 4.69) is 23.2 Å². The number of allylic oxidation sites excluding steroid dienone is 1. The third-order valence-corrected chi connectivity index (χ3v) is 4.08. The Morgan fingerprint density at radius 1 is 1.36 bits per heavy atom. The van der Waals surface area contributed by atoms with Crippen LogP contribution in [0.5, 0.6) is 0 Å². The summed E-state index contributed by atoms with van der Waals surface area (Å²) in [6.07, 6.45) is 8.09. The summed E-state index contributed by atoms with van der Waals surface area (Å²) in [5.74, 6) is 3.60. The molecule has 2 aliphatic rings. The highest BCUT2D eigenvalue weighted by molar-refractivity contribution is 7.99. The molecule has 1 fully saturated rings. The van der Waals surface area contributed by atoms with Crippen molar-refractivity contribution in [1.29, 1.82) is 0 Å². The average Bonchev–Trinajstić information content (AvgIpc) is 2.72. The minimum atomic E-state index is 0.411. The van der Waals surface area contributed by atoms with Gasteiger partial charge in [0.2, 0.25) is 0 Å². The van der Waals surface area contributed by atoms with Crippen molar-refractivity contribution in [1.82, 2.24) is 5.32 Å². The van der Waals surface area contributed by atoms with Crippen LogP contribution in [0.2, 0.25) is 0 Å². The smallest absolute Gasteiger partial charge is 0.110 e. The van der Waals surface area contributed by atoms with E-state index in [4.69, 9.17) is 4.74 Å². The molecule has 0 aliphatic carbocycles. The van der Waals surface area contributed by atoms with E-state index in [0.717, 1.165) is 12.5 Å². The number of nitrogens with one attached hydrogen (secondary N) is 1. The molecular weight excluding hydrogens is 194 g/mol. The second kappa shape index (κ2) is 5.66. The number of hydrogen-bond acceptors (Lipinski definition) is 3. The van der Waals surface area contributed by atoms with Crippen molar-refractivity contribution >= 4 is 11.8 Å². The summed E-state index contributed by atoms with van der Waals surface area (Å²) in [6.45, 7) is 2.20. The van der Waals surface area contributed by atoms with Crippen molar-refractivity contribution in [3.8, 4) is 0 Å². The minimum absolute atomic E-state index is 0.411. The fourth-order valence-electron chi connectivity index (χ4n) is 1.93. The van der Waals surface area contributed by atoms with Crippen LogP contribution in [-0.4, -0.2) is 30.7 Å². The first-order chi connectivity index (χ1) is 6.95. The lowest BCUT2D eigenvalue weighted by molar-refractivity contribution is 0.121. The Kier molecular flexibility index (Phi) is 4.20. The maximum atomic E-state index is 5.49. The molecule has 0 radical (unpaired) electrons. The number of ether oxygens (including phenoxy) is 1. The van der Waals surface area contributed by atoms with Gasteiger partial charge in [-0.15, -0.1) is 0 Å². The summed E-state index contributed by atoms with van der Waals surface area (Å²) in [5.41, 5.74) is 0. The van der Waals surface area contributed by atoms with Gasteiger partial charge >= 0.3 is 0 Å². The van der Waals surface area contributed by atoms with E-state index >= 15 is 0 Å². The van der Waals surface area contributed by atoms with Gasteiger partial charge in [-0.3, -0.25) is 0 Å². The topological polar surface area (TPSA) is 21.3 Å². The molecule has 0 aromatic heterocycles. The molecule has 0 amide bonds. The van der Waals surface area contributed by atoms with E-state index in [9.17, 15) is 0 Å². The van der Waals surface area contributed by atoms with Crippen LogP contribution in [0.25, 0.3) is 0 Å². The Morgan fingerprint density at radius 3 is 3.07 bits per heavy atom. The fraction of sp³-hybridized carbons (Fsp3) is 0.818. The molecule has 0 spiro atoms. The van der Waals surface area contributed by atoms with Crippen LogP contribution in [0.1, 0.15) is 19.3 Å². The zero-order valence-electron chi connectivity index (χ0n) is 8.58. The van der Waals surface area contributed by atoms with Gasteiger partial charge in [-0.2, -0.15) is 11.8 Å². The zero-order chi connectivity index (χ0) is 9.64. The van der Waals surface area contributed by atoms with E-state index < -0.39 is 0 Å². The predicted octanol–water partition coefficient (Wildman–Crippen LogP) is 2.02. The first-order valence-corrected chi connectivity index (χ1v) is 6.69. The second-order valence-corrected chi connectivity index (χ2v) is 5.24. The Morgan fingerprint density at radius 2 is 2.36 bits per heavy atom. The Bertz CT molecular complexity index is 190. The largest absolute Gasteiger partial charge is 0.497 e. The first kappa shape index (κ1) is 10.4. The summed E-state index contributed by atoms with van der Waals surface area (Å²) in [5, 5.41) is 3.52. The molecular formula is C11H19NOS. The Labute approximate surface area is 90.5 Å². The van der Waals surface area contributed by atoms with E-state index in [1.165, 1.54) is 37.3 Å². The van der Waals surface area contributed by atoms with Gasteiger partial charge in [-0.1, -0.05) is 0 Å². The van der Waals surface area contributed by atoms with Crippen molar-refractivity contribution in [2.75, 3.05) is 24.6 Å². The van der Waals surface area contributed by atoms with Crippen molar-refractivity contribution < 1.29 is 4.74 Å². The lowest BCUT2D eigenvalue weighted by Gasteiger charge is -2.20. The monoisotopic (exact) mass is 213 g/mol. The van der Waals surface area contributed by atoms with Crippen molar-refractivity contribution in [2.45, 2.75) is 25.4 Å². The SMILES string of the molecule is C1=COC(CNCC2CCSC2)CC1. The van der Waals surface area contributed by atoms with Gasteiger partial charge in [-0.25, -0.2) is 0 Å². The van der Waals surface area contributed by atoms with Crippen molar-refractivity contribution in [3.05, 3.63) is 12.3 Å². The summed E-state index contributed by atoms with van der Waals surface area (Å²) < 4.78 is 5.49. The van der Waals surface area contributed by atoms with Crippen LogP contribution < -0.4 is 5.32 Å². The highest BCUT2D eigenvalue weighted by Crippen LogP contribution is 2.22. The molecule has 2 nitrogen and oxygen atoms in total. The fourth-order valence-corrected chi connectivity index (χ4v) is 3.21. The van der Waals surface area contributed by atoms with E-state index in [1.807, 2.05) is 6.26 Å². The van der Waals surface area contributed by atoms with Crippen molar-refractivity contribution in [3.63, 3.8) is 0 Å². The quantitative estimate of drug-likeness (QED) is 0.772. The highest BCUT2D eigenvalue weighted by atomic mass is 32.2. The summed E-state index contributed by atoms with van der Waals surface area (Å²) >= 11 is 2.09. The standard InChI is InChI=1S/C11H19NOS/c1-2-5-13-11(3-1)8-12-7-10-4-6-14-9-10/h2,5,10-12H,1,3-4,6-9H2. The van der Waals surface area contributed by atoms with Gasteiger partial charge in [-0.05, 0) is 49.3 Å². The lowest BCUT2D eigenvalue weighted by Crippen LogP contribution is -2.32. The van der Waals surface area contributed by atoms with E-state index in [-0.39, 0.29) is 0 Å². The normalized spacial score (nSPS) is 31.7. The molecule has 0 saturated carbocycles. The zero-order valence-corrected chi connectivity index (χ0v) is 9.39.